The first-order valence-electron chi connectivity index (χ1n) is 6.74. The van der Waals surface area contributed by atoms with Crippen molar-refractivity contribution in [3.8, 4) is 0 Å². The van der Waals surface area contributed by atoms with Crippen molar-refractivity contribution in [3.05, 3.63) is 21.9 Å². The molecule has 18 heavy (non-hydrogen) atoms. The summed E-state index contributed by atoms with van der Waals surface area (Å²) in [5.41, 5.74) is 7.27. The quantitative estimate of drug-likeness (QED) is 0.736. The molecule has 0 saturated heterocycles. The van der Waals surface area contributed by atoms with Crippen molar-refractivity contribution >= 4 is 11.3 Å². The van der Waals surface area contributed by atoms with Crippen molar-refractivity contribution in [2.24, 2.45) is 11.7 Å². The number of aryl methyl sites for hydroxylation is 1. The highest BCUT2D eigenvalue weighted by molar-refractivity contribution is 7.10. The highest BCUT2D eigenvalue weighted by atomic mass is 32.1. The van der Waals surface area contributed by atoms with Gasteiger partial charge >= 0.3 is 0 Å². The predicted molar refractivity (Wildman–Crippen MR) is 77.0 cm³/mol. The van der Waals surface area contributed by atoms with Crippen molar-refractivity contribution < 1.29 is 4.74 Å². The topological polar surface area (TPSA) is 38.5 Å². The van der Waals surface area contributed by atoms with Crippen LogP contribution in [0.25, 0.3) is 0 Å². The van der Waals surface area contributed by atoms with Crippen LogP contribution in [0, 0.1) is 12.8 Å². The summed E-state index contributed by atoms with van der Waals surface area (Å²) in [4.78, 5) is 3.70. The van der Waals surface area contributed by atoms with Gasteiger partial charge in [0, 0.05) is 24.6 Å². The van der Waals surface area contributed by atoms with Gasteiger partial charge in [-0.2, -0.15) is 0 Å². The summed E-state index contributed by atoms with van der Waals surface area (Å²) >= 11 is 1.80. The van der Waals surface area contributed by atoms with Crippen LogP contribution in [0.4, 0.5) is 0 Å². The Morgan fingerprint density at radius 3 is 2.89 bits per heavy atom. The SMILES string of the molecule is Cc1ccsc1C(CN)N(C)CCOCC1CC1. The van der Waals surface area contributed by atoms with E-state index in [4.69, 9.17) is 10.5 Å². The maximum atomic E-state index is 5.92. The Kier molecular flexibility index (Phi) is 5.18. The van der Waals surface area contributed by atoms with Crippen molar-refractivity contribution in [3.63, 3.8) is 0 Å². The third kappa shape index (κ3) is 3.79. The van der Waals surface area contributed by atoms with Crippen LogP contribution in [0.5, 0.6) is 0 Å². The molecule has 1 fully saturated rings. The van der Waals surface area contributed by atoms with Gasteiger partial charge in [-0.15, -0.1) is 11.3 Å². The maximum Gasteiger partial charge on any atom is 0.0593 e. The summed E-state index contributed by atoms with van der Waals surface area (Å²) in [6, 6.07) is 2.50. The van der Waals surface area contributed by atoms with E-state index in [-0.39, 0.29) is 0 Å². The Balaban J connectivity index is 1.77. The van der Waals surface area contributed by atoms with Crippen LogP contribution in [0.15, 0.2) is 11.4 Å². The molecule has 102 valence electrons. The summed E-state index contributed by atoms with van der Waals surface area (Å²) in [6.07, 6.45) is 2.71. The standard InChI is InChI=1S/C14H24N2OS/c1-11-5-8-18-14(11)13(9-15)16(2)6-7-17-10-12-3-4-12/h5,8,12-13H,3-4,6-7,9-10,15H2,1-2H3. The second kappa shape index (κ2) is 6.66. The number of nitrogens with two attached hydrogens (primary N) is 1. The number of nitrogens with zero attached hydrogens (tertiary/aromatic N) is 1. The molecule has 2 N–H and O–H groups in total. The molecule has 0 radical (unpaired) electrons. The molecule has 1 saturated carbocycles. The number of thiophene rings is 1. The lowest BCUT2D eigenvalue weighted by Crippen LogP contribution is -2.33. The number of hydrogen-bond acceptors (Lipinski definition) is 4. The van der Waals surface area contributed by atoms with Crippen LogP contribution in [0.1, 0.15) is 29.3 Å². The van der Waals surface area contributed by atoms with E-state index in [1.807, 2.05) is 0 Å². The van der Waals surface area contributed by atoms with E-state index in [0.29, 0.717) is 12.6 Å². The predicted octanol–water partition coefficient (Wildman–Crippen LogP) is 2.41. The van der Waals surface area contributed by atoms with Gasteiger partial charge in [0.15, 0.2) is 0 Å². The minimum Gasteiger partial charge on any atom is -0.380 e. The molecule has 1 aromatic heterocycles. The van der Waals surface area contributed by atoms with E-state index in [0.717, 1.165) is 25.7 Å². The zero-order chi connectivity index (χ0) is 13.0. The molecule has 1 aromatic rings. The third-order valence-electron chi connectivity index (χ3n) is 3.60. The molecule has 3 nitrogen and oxygen atoms in total. The Bertz CT molecular complexity index is 362. The van der Waals surface area contributed by atoms with Crippen molar-refractivity contribution in [1.29, 1.82) is 0 Å². The molecule has 1 aliphatic carbocycles. The van der Waals surface area contributed by atoms with Crippen molar-refractivity contribution in [1.82, 2.24) is 4.90 Å². The van der Waals surface area contributed by atoms with Crippen LogP contribution in [-0.4, -0.2) is 38.3 Å². The van der Waals surface area contributed by atoms with Gasteiger partial charge in [0.2, 0.25) is 0 Å². The monoisotopic (exact) mass is 268 g/mol. The van der Waals surface area contributed by atoms with Gasteiger partial charge in [0.1, 0.15) is 0 Å². The average Bonchev–Trinajstić information content (AvgIpc) is 3.09. The number of likely N-dealkylation sites (N-methyl/N-ethyl adjacent to an activating group) is 1. The highest BCUT2D eigenvalue weighted by Crippen LogP contribution is 2.29. The number of hydrogen-bond donors (Lipinski definition) is 1. The molecule has 2 rings (SSSR count). The molecule has 0 aliphatic heterocycles. The third-order valence-corrected chi connectivity index (χ3v) is 4.72. The zero-order valence-electron chi connectivity index (χ0n) is 11.4. The smallest absolute Gasteiger partial charge is 0.0593 e. The molecule has 1 aliphatic rings. The first-order valence-corrected chi connectivity index (χ1v) is 7.62. The van der Waals surface area contributed by atoms with Crippen LogP contribution < -0.4 is 5.73 Å². The normalized spacial score (nSPS) is 17.3. The summed E-state index contributed by atoms with van der Waals surface area (Å²) in [5.74, 6) is 0.847. The summed E-state index contributed by atoms with van der Waals surface area (Å²) in [7, 11) is 2.14. The lowest BCUT2D eigenvalue weighted by Gasteiger charge is -2.26. The molecule has 1 heterocycles. The molecular weight excluding hydrogens is 244 g/mol. The zero-order valence-corrected chi connectivity index (χ0v) is 12.2. The second-order valence-electron chi connectivity index (χ2n) is 5.22. The van der Waals surface area contributed by atoms with Crippen LogP contribution in [-0.2, 0) is 4.74 Å². The van der Waals surface area contributed by atoms with Gasteiger partial charge in [0.05, 0.1) is 12.6 Å². The first kappa shape index (κ1) is 14.0. The van der Waals surface area contributed by atoms with Gasteiger partial charge in [-0.3, -0.25) is 4.90 Å². The highest BCUT2D eigenvalue weighted by Gasteiger charge is 2.22. The molecule has 0 amide bonds. The van der Waals surface area contributed by atoms with Gasteiger partial charge < -0.3 is 10.5 Å². The van der Waals surface area contributed by atoms with Crippen LogP contribution in [0.2, 0.25) is 0 Å². The van der Waals surface area contributed by atoms with Crippen LogP contribution >= 0.6 is 11.3 Å². The van der Waals surface area contributed by atoms with E-state index in [9.17, 15) is 0 Å². The lowest BCUT2D eigenvalue weighted by molar-refractivity contribution is 0.0926. The Labute approximate surface area is 114 Å². The molecule has 1 unspecified atom stereocenters. The summed E-state index contributed by atoms with van der Waals surface area (Å²) in [6.45, 7) is 5.53. The molecular formula is C14H24N2OS. The number of ether oxygens (including phenoxy) is 1. The lowest BCUT2D eigenvalue weighted by atomic mass is 10.1. The van der Waals surface area contributed by atoms with Crippen LogP contribution in [0.3, 0.4) is 0 Å². The molecule has 0 spiro atoms. The molecule has 4 heteroatoms. The fourth-order valence-electron chi connectivity index (χ4n) is 2.11. The van der Waals surface area contributed by atoms with E-state index in [1.165, 1.54) is 23.3 Å². The average molecular weight is 268 g/mol. The Morgan fingerprint density at radius 2 is 2.33 bits per heavy atom. The molecule has 0 aromatic carbocycles. The van der Waals surface area contributed by atoms with E-state index >= 15 is 0 Å². The molecule has 0 bridgehead atoms. The van der Waals surface area contributed by atoms with Gasteiger partial charge in [-0.25, -0.2) is 0 Å². The first-order chi connectivity index (χ1) is 8.72. The van der Waals surface area contributed by atoms with Crippen molar-refractivity contribution in [2.45, 2.75) is 25.8 Å². The molecule has 1 atom stereocenters. The Hall–Kier alpha value is -0.420. The van der Waals surface area contributed by atoms with Gasteiger partial charge in [-0.1, -0.05) is 0 Å². The summed E-state index contributed by atoms with van der Waals surface area (Å²) in [5, 5.41) is 2.14. The van der Waals surface area contributed by atoms with E-state index < -0.39 is 0 Å². The fourth-order valence-corrected chi connectivity index (χ4v) is 3.22. The fraction of sp³-hybridized carbons (Fsp3) is 0.714. The summed E-state index contributed by atoms with van der Waals surface area (Å²) < 4.78 is 5.69. The minimum atomic E-state index is 0.328. The second-order valence-corrected chi connectivity index (χ2v) is 6.17. The van der Waals surface area contributed by atoms with E-state index in [2.05, 4.69) is 30.3 Å². The maximum absolute atomic E-state index is 5.92. The van der Waals surface area contributed by atoms with E-state index in [1.54, 1.807) is 11.3 Å². The Morgan fingerprint density at radius 1 is 1.56 bits per heavy atom. The van der Waals surface area contributed by atoms with Gasteiger partial charge in [-0.05, 0) is 49.7 Å². The minimum absolute atomic E-state index is 0.328. The van der Waals surface area contributed by atoms with Crippen molar-refractivity contribution in [2.75, 3.05) is 33.4 Å². The van der Waals surface area contributed by atoms with Gasteiger partial charge in [0.25, 0.3) is 0 Å². The number of rotatable bonds is 8. The largest absolute Gasteiger partial charge is 0.380 e.